The molecule has 142 valence electrons. The predicted octanol–water partition coefficient (Wildman–Crippen LogP) is 4.92. The number of carbonyl (C=O) groups excluding carboxylic acids is 2. The third kappa shape index (κ3) is 5.34. The average Bonchev–Trinajstić information content (AvgIpc) is 2.70. The van der Waals surface area contributed by atoms with E-state index in [2.05, 4.69) is 10.6 Å². The molecular formula is C22H19ClN2O3. The largest absolute Gasteiger partial charge is 0.483 e. The molecule has 2 amide bonds. The van der Waals surface area contributed by atoms with Crippen molar-refractivity contribution in [1.29, 1.82) is 0 Å². The molecule has 0 bridgehead atoms. The SMILES string of the molecule is Cc1ccc(NC(=O)c2ccccc2OCC(=O)Nc2ccc(Cl)cc2)cc1. The molecule has 28 heavy (non-hydrogen) atoms. The van der Waals surface area contributed by atoms with E-state index in [9.17, 15) is 9.59 Å². The van der Waals surface area contributed by atoms with E-state index >= 15 is 0 Å². The normalized spacial score (nSPS) is 10.2. The number of carbonyl (C=O) groups is 2. The number of hydrogen-bond acceptors (Lipinski definition) is 3. The van der Waals surface area contributed by atoms with Gasteiger partial charge in [-0.25, -0.2) is 0 Å². The molecule has 0 aliphatic heterocycles. The molecule has 2 N–H and O–H groups in total. The maximum absolute atomic E-state index is 12.6. The van der Waals surface area contributed by atoms with Gasteiger partial charge in [0.15, 0.2) is 6.61 Å². The molecule has 0 saturated carbocycles. The van der Waals surface area contributed by atoms with Crippen molar-refractivity contribution in [2.75, 3.05) is 17.2 Å². The minimum atomic E-state index is -0.337. The van der Waals surface area contributed by atoms with Gasteiger partial charge in [0.25, 0.3) is 11.8 Å². The van der Waals surface area contributed by atoms with E-state index in [0.717, 1.165) is 5.56 Å². The summed E-state index contributed by atoms with van der Waals surface area (Å²) in [5.74, 6) is -0.313. The predicted molar refractivity (Wildman–Crippen MR) is 111 cm³/mol. The van der Waals surface area contributed by atoms with E-state index in [-0.39, 0.29) is 18.4 Å². The Bertz CT molecular complexity index is 970. The summed E-state index contributed by atoms with van der Waals surface area (Å²) in [4.78, 5) is 24.7. The van der Waals surface area contributed by atoms with Crippen LogP contribution in [-0.2, 0) is 4.79 Å². The molecule has 0 radical (unpaired) electrons. The van der Waals surface area contributed by atoms with Crippen molar-refractivity contribution in [3.05, 3.63) is 88.9 Å². The van der Waals surface area contributed by atoms with Gasteiger partial charge in [-0.1, -0.05) is 41.4 Å². The summed E-state index contributed by atoms with van der Waals surface area (Å²) in [5.41, 5.74) is 2.75. The Morgan fingerprint density at radius 2 is 1.46 bits per heavy atom. The van der Waals surface area contributed by atoms with Gasteiger partial charge in [0, 0.05) is 16.4 Å². The minimum absolute atomic E-state index is 0.225. The Morgan fingerprint density at radius 1 is 0.857 bits per heavy atom. The van der Waals surface area contributed by atoms with E-state index in [1.807, 2.05) is 31.2 Å². The van der Waals surface area contributed by atoms with Crippen LogP contribution in [0.25, 0.3) is 0 Å². The first-order valence-corrected chi connectivity index (χ1v) is 9.04. The van der Waals surface area contributed by atoms with Crippen molar-refractivity contribution < 1.29 is 14.3 Å². The maximum atomic E-state index is 12.6. The van der Waals surface area contributed by atoms with E-state index in [0.29, 0.717) is 27.7 Å². The number of halogens is 1. The lowest BCUT2D eigenvalue weighted by Gasteiger charge is -2.12. The molecule has 0 heterocycles. The van der Waals surface area contributed by atoms with Crippen LogP contribution in [0.4, 0.5) is 11.4 Å². The summed E-state index contributed by atoms with van der Waals surface area (Å²) >= 11 is 5.83. The standard InChI is InChI=1S/C22H19ClN2O3/c1-15-6-10-18(11-7-15)25-22(27)19-4-2-3-5-20(19)28-14-21(26)24-17-12-8-16(23)9-13-17/h2-13H,14H2,1H3,(H,24,26)(H,25,27). The first-order valence-electron chi connectivity index (χ1n) is 8.66. The van der Waals surface area contributed by atoms with Gasteiger partial charge in [-0.15, -0.1) is 0 Å². The molecule has 0 fully saturated rings. The van der Waals surface area contributed by atoms with Crippen LogP contribution in [0.1, 0.15) is 15.9 Å². The molecule has 5 nitrogen and oxygen atoms in total. The lowest BCUT2D eigenvalue weighted by molar-refractivity contribution is -0.118. The van der Waals surface area contributed by atoms with Crippen molar-refractivity contribution in [1.82, 2.24) is 0 Å². The van der Waals surface area contributed by atoms with Gasteiger partial charge in [0.2, 0.25) is 0 Å². The second kappa shape index (κ2) is 9.06. The summed E-state index contributed by atoms with van der Waals surface area (Å²) in [7, 11) is 0. The fourth-order valence-electron chi connectivity index (χ4n) is 2.49. The van der Waals surface area contributed by atoms with E-state index < -0.39 is 0 Å². The Balaban J connectivity index is 1.63. The fourth-order valence-corrected chi connectivity index (χ4v) is 2.61. The number of benzene rings is 3. The monoisotopic (exact) mass is 394 g/mol. The summed E-state index contributed by atoms with van der Waals surface area (Å²) < 4.78 is 5.57. The number of nitrogens with one attached hydrogen (secondary N) is 2. The van der Waals surface area contributed by atoms with Crippen LogP contribution in [0.3, 0.4) is 0 Å². The zero-order chi connectivity index (χ0) is 19.9. The van der Waals surface area contributed by atoms with Gasteiger partial charge in [0.1, 0.15) is 5.75 Å². The Kier molecular flexibility index (Phi) is 6.29. The van der Waals surface area contributed by atoms with Crippen molar-refractivity contribution in [2.24, 2.45) is 0 Å². The highest BCUT2D eigenvalue weighted by atomic mass is 35.5. The third-order valence-electron chi connectivity index (χ3n) is 3.93. The van der Waals surface area contributed by atoms with Crippen LogP contribution in [-0.4, -0.2) is 18.4 Å². The number of ether oxygens (including phenoxy) is 1. The number of amides is 2. The van der Waals surface area contributed by atoms with E-state index in [1.54, 1.807) is 48.5 Å². The van der Waals surface area contributed by atoms with Crippen molar-refractivity contribution in [3.63, 3.8) is 0 Å². The molecule has 0 saturated heterocycles. The van der Waals surface area contributed by atoms with Crippen LogP contribution in [0.5, 0.6) is 5.75 Å². The maximum Gasteiger partial charge on any atom is 0.262 e. The molecular weight excluding hydrogens is 376 g/mol. The van der Waals surface area contributed by atoms with Gasteiger partial charge in [-0.05, 0) is 55.5 Å². The van der Waals surface area contributed by atoms with Gasteiger partial charge in [-0.2, -0.15) is 0 Å². The lowest BCUT2D eigenvalue weighted by Crippen LogP contribution is -2.21. The van der Waals surface area contributed by atoms with Gasteiger partial charge in [0.05, 0.1) is 5.56 Å². The number of hydrogen-bond donors (Lipinski definition) is 2. The van der Waals surface area contributed by atoms with Crippen LogP contribution in [0.15, 0.2) is 72.8 Å². The molecule has 6 heteroatoms. The van der Waals surface area contributed by atoms with Gasteiger partial charge < -0.3 is 15.4 Å². The molecule has 0 spiro atoms. The molecule has 0 unspecified atom stereocenters. The smallest absolute Gasteiger partial charge is 0.262 e. The zero-order valence-corrected chi connectivity index (χ0v) is 16.0. The summed E-state index contributed by atoms with van der Waals surface area (Å²) in [6.45, 7) is 1.75. The van der Waals surface area contributed by atoms with Crippen molar-refractivity contribution in [2.45, 2.75) is 6.92 Å². The molecule has 3 aromatic carbocycles. The summed E-state index contributed by atoms with van der Waals surface area (Å²) in [5, 5.41) is 6.12. The molecule has 3 rings (SSSR count). The fraction of sp³-hybridized carbons (Fsp3) is 0.0909. The number of anilines is 2. The summed E-state index contributed by atoms with van der Waals surface area (Å²) in [6, 6.07) is 21.0. The molecule has 0 atom stereocenters. The van der Waals surface area contributed by atoms with E-state index in [4.69, 9.17) is 16.3 Å². The van der Waals surface area contributed by atoms with E-state index in [1.165, 1.54) is 0 Å². The van der Waals surface area contributed by atoms with Crippen LogP contribution >= 0.6 is 11.6 Å². The second-order valence-electron chi connectivity index (χ2n) is 6.16. The van der Waals surface area contributed by atoms with Crippen LogP contribution < -0.4 is 15.4 Å². The Hall–Kier alpha value is -3.31. The highest BCUT2D eigenvalue weighted by Crippen LogP contribution is 2.20. The zero-order valence-electron chi connectivity index (χ0n) is 15.2. The van der Waals surface area contributed by atoms with Crippen molar-refractivity contribution in [3.8, 4) is 5.75 Å². The number of aryl methyl sites for hydroxylation is 1. The number of para-hydroxylation sites is 1. The van der Waals surface area contributed by atoms with Gasteiger partial charge in [-0.3, -0.25) is 9.59 Å². The number of rotatable bonds is 6. The highest BCUT2D eigenvalue weighted by molar-refractivity contribution is 6.30. The first kappa shape index (κ1) is 19.5. The van der Waals surface area contributed by atoms with Gasteiger partial charge >= 0.3 is 0 Å². The first-order chi connectivity index (χ1) is 13.5. The van der Waals surface area contributed by atoms with Crippen molar-refractivity contribution >= 4 is 34.8 Å². The minimum Gasteiger partial charge on any atom is -0.483 e. The molecule has 0 aliphatic rings. The molecule has 0 aromatic heterocycles. The average molecular weight is 395 g/mol. The topological polar surface area (TPSA) is 67.4 Å². The summed E-state index contributed by atoms with van der Waals surface area (Å²) in [6.07, 6.45) is 0. The Morgan fingerprint density at radius 3 is 2.18 bits per heavy atom. The highest BCUT2D eigenvalue weighted by Gasteiger charge is 2.14. The van der Waals surface area contributed by atoms with Crippen LogP contribution in [0.2, 0.25) is 5.02 Å². The molecule has 3 aromatic rings. The quantitative estimate of drug-likeness (QED) is 0.623. The third-order valence-corrected chi connectivity index (χ3v) is 4.18. The Labute approximate surface area is 168 Å². The lowest BCUT2D eigenvalue weighted by atomic mass is 10.1. The molecule has 0 aliphatic carbocycles. The second-order valence-corrected chi connectivity index (χ2v) is 6.60. The van der Waals surface area contributed by atoms with Crippen LogP contribution in [0, 0.1) is 6.92 Å².